The molecule has 0 aliphatic heterocycles. The van der Waals surface area contributed by atoms with Gasteiger partial charge in [0.25, 0.3) is 0 Å². The van der Waals surface area contributed by atoms with Crippen LogP contribution in [0, 0.1) is 11.3 Å². The standard InChI is InChI=1S/C8H13ClN2/c1-11(6-7(9)5-10)8-3-2-4-8/h7-8H,2-4,6H2,1H3. The third kappa shape index (κ3) is 2.36. The molecule has 0 N–H and O–H groups in total. The van der Waals surface area contributed by atoms with Crippen LogP contribution in [0.15, 0.2) is 0 Å². The van der Waals surface area contributed by atoms with Crippen LogP contribution in [0.1, 0.15) is 19.3 Å². The molecule has 2 nitrogen and oxygen atoms in total. The van der Waals surface area contributed by atoms with Crippen molar-refractivity contribution in [3.05, 3.63) is 0 Å². The van der Waals surface area contributed by atoms with Crippen molar-refractivity contribution >= 4 is 11.6 Å². The molecule has 0 amide bonds. The van der Waals surface area contributed by atoms with E-state index in [4.69, 9.17) is 16.9 Å². The summed E-state index contributed by atoms with van der Waals surface area (Å²) in [4.78, 5) is 2.18. The van der Waals surface area contributed by atoms with Crippen molar-refractivity contribution in [1.29, 1.82) is 5.26 Å². The van der Waals surface area contributed by atoms with Gasteiger partial charge in [0.15, 0.2) is 0 Å². The molecule has 0 spiro atoms. The Labute approximate surface area is 72.7 Å². The summed E-state index contributed by atoms with van der Waals surface area (Å²) in [6.07, 6.45) is 3.87. The zero-order valence-electron chi connectivity index (χ0n) is 6.76. The van der Waals surface area contributed by atoms with Crippen molar-refractivity contribution in [2.24, 2.45) is 0 Å². The lowest BCUT2D eigenvalue weighted by molar-refractivity contribution is 0.164. The van der Waals surface area contributed by atoms with Gasteiger partial charge in [-0.3, -0.25) is 0 Å². The van der Waals surface area contributed by atoms with Crippen molar-refractivity contribution in [3.8, 4) is 6.07 Å². The summed E-state index contributed by atoms with van der Waals surface area (Å²) >= 11 is 5.68. The molecule has 1 atom stereocenters. The predicted octanol–water partition coefficient (Wildman–Crippen LogP) is 1.60. The van der Waals surface area contributed by atoms with E-state index in [0.29, 0.717) is 12.6 Å². The van der Waals surface area contributed by atoms with E-state index in [1.165, 1.54) is 19.3 Å². The van der Waals surface area contributed by atoms with E-state index in [0.717, 1.165) is 0 Å². The Morgan fingerprint density at radius 1 is 1.73 bits per heavy atom. The highest BCUT2D eigenvalue weighted by molar-refractivity contribution is 6.22. The number of rotatable bonds is 3. The molecule has 1 rings (SSSR count). The van der Waals surface area contributed by atoms with Crippen LogP contribution in [-0.4, -0.2) is 29.9 Å². The maximum Gasteiger partial charge on any atom is 0.133 e. The summed E-state index contributed by atoms with van der Waals surface area (Å²) in [6, 6.07) is 2.71. The fourth-order valence-corrected chi connectivity index (χ4v) is 1.49. The van der Waals surface area contributed by atoms with Gasteiger partial charge in [-0.1, -0.05) is 6.42 Å². The fraction of sp³-hybridized carbons (Fsp3) is 0.875. The monoisotopic (exact) mass is 172 g/mol. The molecule has 11 heavy (non-hydrogen) atoms. The molecule has 3 heteroatoms. The maximum atomic E-state index is 8.45. The largest absolute Gasteiger partial charge is 0.301 e. The molecule has 1 fully saturated rings. The Kier molecular flexibility index (Phi) is 3.16. The summed E-state index contributed by atoms with van der Waals surface area (Å²) < 4.78 is 0. The molecular formula is C8H13ClN2. The predicted molar refractivity (Wildman–Crippen MR) is 45.5 cm³/mol. The minimum absolute atomic E-state index is 0.347. The third-order valence-electron chi connectivity index (χ3n) is 2.29. The van der Waals surface area contributed by atoms with Crippen LogP contribution < -0.4 is 0 Å². The van der Waals surface area contributed by atoms with Crippen molar-refractivity contribution in [3.63, 3.8) is 0 Å². The molecule has 0 aromatic heterocycles. The first-order valence-electron chi connectivity index (χ1n) is 3.98. The van der Waals surface area contributed by atoms with Gasteiger partial charge in [0.1, 0.15) is 5.38 Å². The molecule has 1 aliphatic rings. The molecule has 1 unspecified atom stereocenters. The van der Waals surface area contributed by atoms with Gasteiger partial charge in [0, 0.05) is 12.6 Å². The van der Waals surface area contributed by atoms with Crippen LogP contribution in [0.2, 0.25) is 0 Å². The van der Waals surface area contributed by atoms with E-state index in [2.05, 4.69) is 4.90 Å². The SMILES string of the molecule is CN(CC(Cl)C#N)C1CCC1. The lowest BCUT2D eigenvalue weighted by Gasteiger charge is -2.34. The van der Waals surface area contributed by atoms with Crippen LogP contribution in [0.4, 0.5) is 0 Å². The highest BCUT2D eigenvalue weighted by atomic mass is 35.5. The number of nitriles is 1. The Bertz CT molecular complexity index is 160. The normalized spacial score (nSPS) is 20.9. The smallest absolute Gasteiger partial charge is 0.133 e. The molecule has 1 aliphatic carbocycles. The summed E-state index contributed by atoms with van der Waals surface area (Å²) in [7, 11) is 2.04. The van der Waals surface area contributed by atoms with Crippen LogP contribution in [0.25, 0.3) is 0 Å². The Morgan fingerprint density at radius 2 is 2.36 bits per heavy atom. The van der Waals surface area contributed by atoms with Gasteiger partial charge in [-0.05, 0) is 19.9 Å². The zero-order valence-corrected chi connectivity index (χ0v) is 7.51. The maximum absolute atomic E-state index is 8.45. The second kappa shape index (κ2) is 3.94. The molecule has 0 radical (unpaired) electrons. The van der Waals surface area contributed by atoms with Gasteiger partial charge >= 0.3 is 0 Å². The minimum Gasteiger partial charge on any atom is -0.301 e. The average molecular weight is 173 g/mol. The topological polar surface area (TPSA) is 27.0 Å². The van der Waals surface area contributed by atoms with Gasteiger partial charge in [-0.25, -0.2) is 0 Å². The zero-order chi connectivity index (χ0) is 8.27. The van der Waals surface area contributed by atoms with E-state index >= 15 is 0 Å². The van der Waals surface area contributed by atoms with Crippen molar-refractivity contribution < 1.29 is 0 Å². The second-order valence-corrected chi connectivity index (χ2v) is 3.65. The van der Waals surface area contributed by atoms with E-state index in [1.54, 1.807) is 0 Å². The number of nitrogens with zero attached hydrogens (tertiary/aromatic N) is 2. The Balaban J connectivity index is 2.20. The first-order chi connectivity index (χ1) is 5.24. The van der Waals surface area contributed by atoms with Crippen molar-refractivity contribution in [1.82, 2.24) is 4.90 Å². The minimum atomic E-state index is -0.347. The van der Waals surface area contributed by atoms with Crippen LogP contribution in [0.5, 0.6) is 0 Å². The number of alkyl halides is 1. The Hall–Kier alpha value is -0.260. The van der Waals surface area contributed by atoms with Gasteiger partial charge in [0.05, 0.1) is 6.07 Å². The molecule has 0 heterocycles. The van der Waals surface area contributed by atoms with E-state index in [9.17, 15) is 0 Å². The van der Waals surface area contributed by atoms with Gasteiger partial charge in [-0.15, -0.1) is 11.6 Å². The average Bonchev–Trinajstić information content (AvgIpc) is 1.83. The molecule has 0 aromatic carbocycles. The number of hydrogen-bond acceptors (Lipinski definition) is 2. The lowest BCUT2D eigenvalue weighted by Crippen LogP contribution is -2.40. The van der Waals surface area contributed by atoms with Gasteiger partial charge in [-0.2, -0.15) is 5.26 Å². The number of halogens is 1. The lowest BCUT2D eigenvalue weighted by atomic mass is 9.92. The fourth-order valence-electron chi connectivity index (χ4n) is 1.27. The molecular weight excluding hydrogens is 160 g/mol. The van der Waals surface area contributed by atoms with Crippen molar-refractivity contribution in [2.45, 2.75) is 30.7 Å². The second-order valence-electron chi connectivity index (χ2n) is 3.12. The summed E-state index contributed by atoms with van der Waals surface area (Å²) in [6.45, 7) is 0.697. The highest BCUT2D eigenvalue weighted by Crippen LogP contribution is 2.23. The highest BCUT2D eigenvalue weighted by Gasteiger charge is 2.23. The molecule has 62 valence electrons. The van der Waals surface area contributed by atoms with E-state index < -0.39 is 0 Å². The molecule has 0 bridgehead atoms. The van der Waals surface area contributed by atoms with Crippen molar-refractivity contribution in [2.75, 3.05) is 13.6 Å². The molecule has 0 aromatic rings. The Morgan fingerprint density at radius 3 is 2.73 bits per heavy atom. The summed E-state index contributed by atoms with van der Waals surface area (Å²) in [5.41, 5.74) is 0. The van der Waals surface area contributed by atoms with Crippen LogP contribution in [0.3, 0.4) is 0 Å². The van der Waals surface area contributed by atoms with Crippen LogP contribution in [-0.2, 0) is 0 Å². The van der Waals surface area contributed by atoms with E-state index in [1.807, 2.05) is 13.1 Å². The third-order valence-corrected chi connectivity index (χ3v) is 2.52. The number of hydrogen-bond donors (Lipinski definition) is 0. The van der Waals surface area contributed by atoms with E-state index in [-0.39, 0.29) is 5.38 Å². The first kappa shape index (κ1) is 8.83. The first-order valence-corrected chi connectivity index (χ1v) is 4.41. The molecule has 0 saturated heterocycles. The van der Waals surface area contributed by atoms with Crippen LogP contribution >= 0.6 is 11.6 Å². The van der Waals surface area contributed by atoms with Gasteiger partial charge < -0.3 is 4.90 Å². The molecule has 1 saturated carbocycles. The quantitative estimate of drug-likeness (QED) is 0.605. The summed E-state index contributed by atoms with van der Waals surface area (Å²) in [5.74, 6) is 0. The summed E-state index contributed by atoms with van der Waals surface area (Å²) in [5, 5.41) is 8.10. The van der Waals surface area contributed by atoms with Gasteiger partial charge in [0.2, 0.25) is 0 Å².